The van der Waals surface area contributed by atoms with Crippen LogP contribution in [0.25, 0.3) is 33.4 Å². The predicted molar refractivity (Wildman–Crippen MR) is 97.7 cm³/mol. The van der Waals surface area contributed by atoms with Crippen molar-refractivity contribution in [2.45, 2.75) is 6.92 Å². The van der Waals surface area contributed by atoms with Crippen molar-refractivity contribution in [3.63, 3.8) is 0 Å². The summed E-state index contributed by atoms with van der Waals surface area (Å²) in [5.74, 6) is 0. The van der Waals surface area contributed by atoms with E-state index in [-0.39, 0.29) is 0 Å². The van der Waals surface area contributed by atoms with Gasteiger partial charge in [-0.15, -0.1) is 0 Å². The van der Waals surface area contributed by atoms with Gasteiger partial charge >= 0.3 is 0 Å². The van der Waals surface area contributed by atoms with Gasteiger partial charge in [-0.1, -0.05) is 36.4 Å². The summed E-state index contributed by atoms with van der Waals surface area (Å²) in [6.45, 7) is 1.99. The van der Waals surface area contributed by atoms with Crippen LogP contribution in [0.4, 0.5) is 0 Å². The van der Waals surface area contributed by atoms with Gasteiger partial charge in [0, 0.05) is 11.3 Å². The summed E-state index contributed by atoms with van der Waals surface area (Å²) < 4.78 is 0. The van der Waals surface area contributed by atoms with Crippen molar-refractivity contribution >= 4 is 11.0 Å². The molecule has 0 N–H and O–H groups in total. The number of benzene rings is 2. The molecule has 0 atom stereocenters. The first-order chi connectivity index (χ1) is 12.2. The highest BCUT2D eigenvalue weighted by atomic mass is 14.8. The Bertz CT molecular complexity index is 1130. The van der Waals surface area contributed by atoms with E-state index in [0.29, 0.717) is 11.2 Å². The van der Waals surface area contributed by atoms with E-state index in [2.05, 4.69) is 27.1 Å². The number of nitrogens with zero attached hydrogens (tertiary/aromatic N) is 4. The molecule has 0 aliphatic carbocycles. The van der Waals surface area contributed by atoms with E-state index in [1.54, 1.807) is 0 Å². The van der Waals surface area contributed by atoms with E-state index < -0.39 is 0 Å². The van der Waals surface area contributed by atoms with Gasteiger partial charge in [0.15, 0.2) is 5.69 Å². The molecule has 0 radical (unpaired) electrons. The van der Waals surface area contributed by atoms with Crippen LogP contribution in [0.15, 0.2) is 66.9 Å². The summed E-state index contributed by atoms with van der Waals surface area (Å²) in [5.41, 5.74) is 6.89. The third-order valence-electron chi connectivity index (χ3n) is 4.06. The van der Waals surface area contributed by atoms with Crippen LogP contribution in [0, 0.1) is 18.3 Å². The quantitative estimate of drug-likeness (QED) is 0.543. The van der Waals surface area contributed by atoms with Crippen LogP contribution in [-0.4, -0.2) is 15.0 Å². The molecule has 0 unspecified atom stereocenters. The fourth-order valence-electron chi connectivity index (χ4n) is 2.88. The Morgan fingerprint density at radius 3 is 2.48 bits per heavy atom. The van der Waals surface area contributed by atoms with E-state index in [9.17, 15) is 0 Å². The molecule has 4 heteroatoms. The van der Waals surface area contributed by atoms with Crippen molar-refractivity contribution < 1.29 is 0 Å². The summed E-state index contributed by atoms with van der Waals surface area (Å²) in [5, 5.41) is 9.04. The van der Waals surface area contributed by atoms with Gasteiger partial charge in [0.1, 0.15) is 6.07 Å². The molecule has 118 valence electrons. The Hall–Kier alpha value is -3.58. The minimum absolute atomic E-state index is 0.318. The molecule has 0 bridgehead atoms. The lowest BCUT2D eigenvalue weighted by Gasteiger charge is -2.10. The summed E-state index contributed by atoms with van der Waals surface area (Å²) in [6.07, 6.45) is 1.49. The van der Waals surface area contributed by atoms with Gasteiger partial charge in [-0.05, 0) is 42.3 Å². The van der Waals surface area contributed by atoms with Crippen LogP contribution < -0.4 is 0 Å². The molecule has 0 saturated carbocycles. The number of nitriles is 1. The number of pyridine rings is 1. The van der Waals surface area contributed by atoms with Gasteiger partial charge in [-0.2, -0.15) is 5.26 Å². The highest BCUT2D eigenvalue weighted by molar-refractivity contribution is 5.87. The third kappa shape index (κ3) is 2.84. The lowest BCUT2D eigenvalue weighted by atomic mass is 9.97. The molecule has 4 nitrogen and oxygen atoms in total. The summed E-state index contributed by atoms with van der Waals surface area (Å²) in [7, 11) is 0. The molecule has 2 heterocycles. The Kier molecular flexibility index (Phi) is 3.68. The van der Waals surface area contributed by atoms with Gasteiger partial charge in [-0.3, -0.25) is 9.97 Å². The number of rotatable bonds is 2. The van der Waals surface area contributed by atoms with Crippen LogP contribution in [0.2, 0.25) is 0 Å². The molecule has 2 aromatic carbocycles. The zero-order valence-corrected chi connectivity index (χ0v) is 13.6. The fraction of sp³-hybridized carbons (Fsp3) is 0.0476. The van der Waals surface area contributed by atoms with Crippen molar-refractivity contribution in [1.29, 1.82) is 5.26 Å². The van der Waals surface area contributed by atoms with E-state index in [0.717, 1.165) is 33.6 Å². The number of aryl methyl sites for hydroxylation is 1. The van der Waals surface area contributed by atoms with Crippen molar-refractivity contribution in [3.05, 3.63) is 78.2 Å². The van der Waals surface area contributed by atoms with E-state index in [1.807, 2.05) is 61.5 Å². The maximum Gasteiger partial charge on any atom is 0.159 e. The molecule has 0 saturated heterocycles. The van der Waals surface area contributed by atoms with E-state index >= 15 is 0 Å². The highest BCUT2D eigenvalue weighted by Crippen LogP contribution is 2.32. The molecule has 4 rings (SSSR count). The Labute approximate surface area is 145 Å². The normalized spacial score (nSPS) is 10.6. The molecule has 0 aliphatic rings. The minimum Gasteiger partial charge on any atom is -0.253 e. The van der Waals surface area contributed by atoms with Crippen LogP contribution in [0.1, 0.15) is 11.4 Å². The summed E-state index contributed by atoms with van der Waals surface area (Å²) in [4.78, 5) is 13.3. The third-order valence-corrected chi connectivity index (χ3v) is 4.06. The lowest BCUT2D eigenvalue weighted by Crippen LogP contribution is -1.92. The molecular weight excluding hydrogens is 308 g/mol. The van der Waals surface area contributed by atoms with Crippen LogP contribution >= 0.6 is 0 Å². The van der Waals surface area contributed by atoms with Crippen LogP contribution in [0.3, 0.4) is 0 Å². The zero-order chi connectivity index (χ0) is 17.2. The monoisotopic (exact) mass is 322 g/mol. The molecule has 0 aliphatic heterocycles. The fourth-order valence-corrected chi connectivity index (χ4v) is 2.88. The molecule has 4 aromatic rings. The van der Waals surface area contributed by atoms with Crippen molar-refractivity contribution in [3.8, 4) is 28.5 Å². The maximum atomic E-state index is 9.04. The second-order valence-corrected chi connectivity index (χ2v) is 5.78. The number of hydrogen-bond acceptors (Lipinski definition) is 4. The molecule has 2 aromatic heterocycles. The number of fused-ring (bicyclic) bond motifs is 1. The van der Waals surface area contributed by atoms with Crippen LogP contribution in [-0.2, 0) is 0 Å². The number of hydrogen-bond donors (Lipinski definition) is 0. The molecule has 0 amide bonds. The average Bonchev–Trinajstić information content (AvgIpc) is 2.67. The standard InChI is InChI=1S/C21H14N4/c1-14-5-4-8-19(24-14)18-7-3-2-6-17(18)15-9-10-20-21(11-15)25-16(12-22)13-23-20/h2-11,13H,1H3. The van der Waals surface area contributed by atoms with Crippen molar-refractivity contribution in [2.24, 2.45) is 0 Å². The topological polar surface area (TPSA) is 62.5 Å². The first-order valence-corrected chi connectivity index (χ1v) is 7.95. The molecular formula is C21H14N4. The van der Waals surface area contributed by atoms with Gasteiger partial charge in [0.2, 0.25) is 0 Å². The first kappa shape index (κ1) is 15.0. The second kappa shape index (κ2) is 6.14. The first-order valence-electron chi connectivity index (χ1n) is 7.95. The largest absolute Gasteiger partial charge is 0.253 e. The Morgan fingerprint density at radius 1 is 0.840 bits per heavy atom. The van der Waals surface area contributed by atoms with Gasteiger partial charge in [-0.25, -0.2) is 4.98 Å². The number of aromatic nitrogens is 3. The molecule has 25 heavy (non-hydrogen) atoms. The lowest BCUT2D eigenvalue weighted by molar-refractivity contribution is 1.20. The van der Waals surface area contributed by atoms with E-state index in [1.165, 1.54) is 6.20 Å². The Morgan fingerprint density at radius 2 is 1.68 bits per heavy atom. The second-order valence-electron chi connectivity index (χ2n) is 5.78. The van der Waals surface area contributed by atoms with Crippen molar-refractivity contribution in [2.75, 3.05) is 0 Å². The molecule has 0 fully saturated rings. The smallest absolute Gasteiger partial charge is 0.159 e. The zero-order valence-electron chi connectivity index (χ0n) is 13.6. The Balaban J connectivity index is 1.91. The SMILES string of the molecule is Cc1cccc(-c2ccccc2-c2ccc3ncc(C#N)nc3c2)n1. The summed E-state index contributed by atoms with van der Waals surface area (Å²) in [6, 6.07) is 22.1. The minimum atomic E-state index is 0.318. The van der Waals surface area contributed by atoms with Gasteiger partial charge in [0.25, 0.3) is 0 Å². The maximum absolute atomic E-state index is 9.04. The van der Waals surface area contributed by atoms with Gasteiger partial charge < -0.3 is 0 Å². The van der Waals surface area contributed by atoms with Crippen LogP contribution in [0.5, 0.6) is 0 Å². The van der Waals surface area contributed by atoms with Gasteiger partial charge in [0.05, 0.1) is 22.9 Å². The predicted octanol–water partition coefficient (Wildman–Crippen LogP) is 4.54. The molecule has 0 spiro atoms. The average molecular weight is 322 g/mol. The highest BCUT2D eigenvalue weighted by Gasteiger charge is 2.10. The van der Waals surface area contributed by atoms with E-state index in [4.69, 9.17) is 5.26 Å². The summed E-state index contributed by atoms with van der Waals surface area (Å²) >= 11 is 0. The van der Waals surface area contributed by atoms with Crippen molar-refractivity contribution in [1.82, 2.24) is 15.0 Å².